The summed E-state index contributed by atoms with van der Waals surface area (Å²) in [7, 11) is 3.25. The largest absolute Gasteiger partial charge is 0.493 e. The summed E-state index contributed by atoms with van der Waals surface area (Å²) in [5.74, 6) is 1.94. The first-order valence-electron chi connectivity index (χ1n) is 5.99. The fraction of sp³-hybridized carbons (Fsp3) is 0.462. The molecule has 0 radical (unpaired) electrons. The van der Waals surface area contributed by atoms with Crippen molar-refractivity contribution in [1.82, 2.24) is 9.55 Å². The van der Waals surface area contributed by atoms with Crippen LogP contribution in [0, 0.1) is 0 Å². The van der Waals surface area contributed by atoms with Crippen molar-refractivity contribution in [1.29, 1.82) is 0 Å². The topological polar surface area (TPSA) is 62.3 Å². The normalized spacial score (nSPS) is 16.8. The molecule has 0 amide bonds. The smallest absolute Gasteiger partial charge is 0.201 e. The van der Waals surface area contributed by atoms with Gasteiger partial charge in [-0.05, 0) is 19.8 Å². The zero-order valence-corrected chi connectivity index (χ0v) is 10.9. The Kier molecular flexibility index (Phi) is 2.20. The van der Waals surface area contributed by atoms with Crippen molar-refractivity contribution in [2.75, 3.05) is 20.0 Å². The lowest BCUT2D eigenvalue weighted by molar-refractivity contribution is 0.355. The first kappa shape index (κ1) is 11.2. The lowest BCUT2D eigenvalue weighted by atomic mass is 10.2. The summed E-state index contributed by atoms with van der Waals surface area (Å²) in [6.45, 7) is 2.20. The molecule has 96 valence electrons. The van der Waals surface area contributed by atoms with Gasteiger partial charge in [0.25, 0.3) is 0 Å². The second kappa shape index (κ2) is 3.54. The van der Waals surface area contributed by atoms with E-state index in [4.69, 9.17) is 15.2 Å². The molecule has 1 aromatic carbocycles. The quantitative estimate of drug-likeness (QED) is 0.902. The average molecular weight is 247 g/mol. The van der Waals surface area contributed by atoms with E-state index >= 15 is 0 Å². The van der Waals surface area contributed by atoms with Crippen LogP contribution in [0.25, 0.3) is 11.0 Å². The molecule has 0 unspecified atom stereocenters. The third-order valence-electron chi connectivity index (χ3n) is 3.70. The number of nitrogen functional groups attached to an aromatic ring is 1. The third kappa shape index (κ3) is 1.43. The van der Waals surface area contributed by atoms with Gasteiger partial charge in [-0.25, -0.2) is 4.98 Å². The SMILES string of the molecule is COc1cc2nc(N)n(C3(C)CC3)c2cc1OC. The molecule has 2 N–H and O–H groups in total. The van der Waals surface area contributed by atoms with E-state index in [1.54, 1.807) is 14.2 Å². The number of hydrogen-bond donors (Lipinski definition) is 1. The highest BCUT2D eigenvalue weighted by Crippen LogP contribution is 2.47. The summed E-state index contributed by atoms with van der Waals surface area (Å²) in [4.78, 5) is 4.41. The molecule has 1 heterocycles. The zero-order chi connectivity index (χ0) is 12.9. The maximum atomic E-state index is 6.03. The van der Waals surface area contributed by atoms with Crippen LogP contribution >= 0.6 is 0 Å². The maximum absolute atomic E-state index is 6.03. The predicted molar refractivity (Wildman–Crippen MR) is 70.1 cm³/mol. The van der Waals surface area contributed by atoms with Crippen LogP contribution in [0.1, 0.15) is 19.8 Å². The number of imidazole rings is 1. The van der Waals surface area contributed by atoms with Gasteiger partial charge in [0.05, 0.1) is 25.3 Å². The van der Waals surface area contributed by atoms with E-state index in [-0.39, 0.29) is 5.54 Å². The Morgan fingerprint density at radius 3 is 2.39 bits per heavy atom. The minimum absolute atomic E-state index is 0.110. The molecule has 0 aliphatic heterocycles. The Labute approximate surface area is 106 Å². The Hall–Kier alpha value is -1.91. The summed E-state index contributed by atoms with van der Waals surface area (Å²) in [6, 6.07) is 3.81. The molecule has 5 nitrogen and oxygen atoms in total. The molecule has 2 aromatic rings. The molecule has 1 aliphatic carbocycles. The second-order valence-electron chi connectivity index (χ2n) is 5.00. The lowest BCUT2D eigenvalue weighted by Crippen LogP contribution is -2.14. The van der Waals surface area contributed by atoms with Gasteiger partial charge < -0.3 is 19.8 Å². The van der Waals surface area contributed by atoms with E-state index in [9.17, 15) is 0 Å². The molecule has 0 atom stereocenters. The zero-order valence-electron chi connectivity index (χ0n) is 10.9. The van der Waals surface area contributed by atoms with Gasteiger partial charge in [0.1, 0.15) is 0 Å². The lowest BCUT2D eigenvalue weighted by Gasteiger charge is -2.14. The number of ether oxygens (including phenoxy) is 2. The summed E-state index contributed by atoms with van der Waals surface area (Å²) >= 11 is 0. The molecule has 0 spiro atoms. The maximum Gasteiger partial charge on any atom is 0.201 e. The second-order valence-corrected chi connectivity index (χ2v) is 5.00. The number of anilines is 1. The minimum atomic E-state index is 0.110. The number of hydrogen-bond acceptors (Lipinski definition) is 4. The van der Waals surface area contributed by atoms with Crippen molar-refractivity contribution in [2.24, 2.45) is 0 Å². The van der Waals surface area contributed by atoms with Gasteiger partial charge in [0.2, 0.25) is 5.95 Å². The van der Waals surface area contributed by atoms with Crippen molar-refractivity contribution in [3.63, 3.8) is 0 Å². The van der Waals surface area contributed by atoms with Crippen LogP contribution in [-0.2, 0) is 5.54 Å². The van der Waals surface area contributed by atoms with Gasteiger partial charge in [0.15, 0.2) is 11.5 Å². The van der Waals surface area contributed by atoms with Crippen LogP contribution in [-0.4, -0.2) is 23.8 Å². The van der Waals surface area contributed by atoms with Gasteiger partial charge in [-0.3, -0.25) is 0 Å². The van der Waals surface area contributed by atoms with Crippen LogP contribution in [0.4, 0.5) is 5.95 Å². The summed E-state index contributed by atoms with van der Waals surface area (Å²) < 4.78 is 12.7. The average Bonchev–Trinajstić information content (AvgIpc) is 3.00. The van der Waals surface area contributed by atoms with Gasteiger partial charge in [0, 0.05) is 17.7 Å². The molecular weight excluding hydrogens is 230 g/mol. The van der Waals surface area contributed by atoms with Crippen LogP contribution < -0.4 is 15.2 Å². The van der Waals surface area contributed by atoms with Gasteiger partial charge in [-0.1, -0.05) is 0 Å². The van der Waals surface area contributed by atoms with Crippen molar-refractivity contribution in [3.8, 4) is 11.5 Å². The van der Waals surface area contributed by atoms with E-state index in [1.165, 1.54) is 0 Å². The summed E-state index contributed by atoms with van der Waals surface area (Å²) in [5, 5.41) is 0. The monoisotopic (exact) mass is 247 g/mol. The van der Waals surface area contributed by atoms with E-state index in [1.807, 2.05) is 12.1 Å². The standard InChI is InChI=1S/C13H17N3O2/c1-13(4-5-13)16-9-7-11(18-3)10(17-2)6-8(9)15-12(16)14/h6-7H,4-5H2,1-3H3,(H2,14,15). The Morgan fingerprint density at radius 2 is 1.83 bits per heavy atom. The van der Waals surface area contributed by atoms with Gasteiger partial charge in [-0.15, -0.1) is 0 Å². The number of benzene rings is 1. The number of nitrogens with two attached hydrogens (primary N) is 1. The fourth-order valence-electron chi connectivity index (χ4n) is 2.39. The number of fused-ring (bicyclic) bond motifs is 1. The molecule has 5 heteroatoms. The molecule has 18 heavy (non-hydrogen) atoms. The number of nitrogens with zero attached hydrogens (tertiary/aromatic N) is 2. The Bertz CT molecular complexity index is 614. The molecule has 0 saturated heterocycles. The summed E-state index contributed by atoms with van der Waals surface area (Å²) in [5.41, 5.74) is 7.99. The number of aromatic nitrogens is 2. The fourth-order valence-corrected chi connectivity index (χ4v) is 2.39. The summed E-state index contributed by atoms with van der Waals surface area (Å²) in [6.07, 6.45) is 2.27. The van der Waals surface area contributed by atoms with E-state index in [0.29, 0.717) is 17.4 Å². The van der Waals surface area contributed by atoms with Gasteiger partial charge >= 0.3 is 0 Å². The highest BCUT2D eigenvalue weighted by molar-refractivity contribution is 5.83. The first-order chi connectivity index (χ1) is 8.59. The van der Waals surface area contributed by atoms with Crippen molar-refractivity contribution >= 4 is 17.0 Å². The Balaban J connectivity index is 2.28. The van der Waals surface area contributed by atoms with Crippen molar-refractivity contribution in [2.45, 2.75) is 25.3 Å². The van der Waals surface area contributed by atoms with Crippen LogP contribution in [0.15, 0.2) is 12.1 Å². The van der Waals surface area contributed by atoms with Crippen LogP contribution in [0.2, 0.25) is 0 Å². The van der Waals surface area contributed by atoms with Crippen molar-refractivity contribution < 1.29 is 9.47 Å². The minimum Gasteiger partial charge on any atom is -0.493 e. The molecular formula is C13H17N3O2. The molecule has 1 saturated carbocycles. The molecule has 1 aliphatic rings. The molecule has 0 bridgehead atoms. The molecule has 3 rings (SSSR count). The predicted octanol–water partition coefficient (Wildman–Crippen LogP) is 2.14. The third-order valence-corrected chi connectivity index (χ3v) is 3.70. The van der Waals surface area contributed by atoms with E-state index in [2.05, 4.69) is 16.5 Å². The highest BCUT2D eigenvalue weighted by atomic mass is 16.5. The first-order valence-corrected chi connectivity index (χ1v) is 5.99. The molecule has 1 fully saturated rings. The Morgan fingerprint density at radius 1 is 1.22 bits per heavy atom. The van der Waals surface area contributed by atoms with E-state index < -0.39 is 0 Å². The number of rotatable bonds is 3. The van der Waals surface area contributed by atoms with Crippen LogP contribution in [0.5, 0.6) is 11.5 Å². The van der Waals surface area contributed by atoms with Gasteiger partial charge in [-0.2, -0.15) is 0 Å². The van der Waals surface area contributed by atoms with E-state index in [0.717, 1.165) is 23.9 Å². The van der Waals surface area contributed by atoms with Crippen LogP contribution in [0.3, 0.4) is 0 Å². The molecule has 1 aromatic heterocycles. The number of methoxy groups -OCH3 is 2. The van der Waals surface area contributed by atoms with Crippen molar-refractivity contribution in [3.05, 3.63) is 12.1 Å². The highest BCUT2D eigenvalue weighted by Gasteiger charge is 2.41.